The number of hydrogen-bond acceptors (Lipinski definition) is 2. The molecule has 2 nitrogen and oxygen atoms in total. The molecule has 3 rings (SSSR count). The van der Waals surface area contributed by atoms with Crippen molar-refractivity contribution in [1.29, 1.82) is 0 Å². The number of carbonyl (C=O) groups is 1. The van der Waals surface area contributed by atoms with E-state index in [1.807, 2.05) is 30.3 Å². The molecular formula is C12H12O2. The van der Waals surface area contributed by atoms with Crippen molar-refractivity contribution in [3.8, 4) is 0 Å². The van der Waals surface area contributed by atoms with Crippen LogP contribution in [0.5, 0.6) is 0 Å². The highest BCUT2D eigenvalue weighted by Gasteiger charge is 2.59. The molecule has 0 amide bonds. The van der Waals surface area contributed by atoms with Gasteiger partial charge in [0.15, 0.2) is 0 Å². The van der Waals surface area contributed by atoms with E-state index in [0.29, 0.717) is 12.5 Å². The van der Waals surface area contributed by atoms with Crippen LogP contribution in [-0.4, -0.2) is 12.6 Å². The van der Waals surface area contributed by atoms with Crippen LogP contribution in [-0.2, 0) is 14.9 Å². The Kier molecular flexibility index (Phi) is 1.49. The van der Waals surface area contributed by atoms with E-state index in [-0.39, 0.29) is 11.4 Å². The Labute approximate surface area is 82.9 Å². The third-order valence-corrected chi connectivity index (χ3v) is 3.65. The van der Waals surface area contributed by atoms with E-state index in [9.17, 15) is 4.79 Å². The average Bonchev–Trinajstić information content (AvgIpc) is 2.39. The lowest BCUT2D eigenvalue weighted by molar-refractivity contribution is -0.144. The molecule has 2 aliphatic rings. The minimum absolute atomic E-state index is 0.0139. The SMILES string of the molecule is O=C1OCC2CCC12c1ccccc1. The van der Waals surface area contributed by atoms with Crippen molar-refractivity contribution in [2.75, 3.05) is 6.61 Å². The molecular weight excluding hydrogens is 176 g/mol. The number of hydrogen-bond donors (Lipinski definition) is 0. The number of esters is 1. The molecule has 2 unspecified atom stereocenters. The van der Waals surface area contributed by atoms with Crippen molar-refractivity contribution in [1.82, 2.24) is 0 Å². The van der Waals surface area contributed by atoms with Crippen LogP contribution in [0.2, 0.25) is 0 Å². The Hall–Kier alpha value is -1.31. The van der Waals surface area contributed by atoms with Crippen LogP contribution in [0, 0.1) is 5.92 Å². The van der Waals surface area contributed by atoms with Gasteiger partial charge in [0.2, 0.25) is 0 Å². The van der Waals surface area contributed by atoms with E-state index in [1.165, 1.54) is 0 Å². The molecule has 0 aromatic heterocycles. The van der Waals surface area contributed by atoms with Crippen molar-refractivity contribution in [2.24, 2.45) is 5.92 Å². The van der Waals surface area contributed by atoms with Gasteiger partial charge in [0.1, 0.15) is 0 Å². The number of ether oxygens (including phenoxy) is 1. The predicted octanol–water partition coefficient (Wildman–Crippen LogP) is 1.89. The van der Waals surface area contributed by atoms with Crippen LogP contribution in [0.1, 0.15) is 18.4 Å². The smallest absolute Gasteiger partial charge is 0.316 e. The molecule has 2 atom stereocenters. The number of fused-ring (bicyclic) bond motifs is 1. The van der Waals surface area contributed by atoms with Gasteiger partial charge in [-0.25, -0.2) is 0 Å². The van der Waals surface area contributed by atoms with Crippen molar-refractivity contribution in [2.45, 2.75) is 18.3 Å². The molecule has 2 heteroatoms. The second kappa shape index (κ2) is 2.59. The first kappa shape index (κ1) is 8.04. The normalized spacial score (nSPS) is 34.6. The van der Waals surface area contributed by atoms with E-state index in [2.05, 4.69) is 0 Å². The quantitative estimate of drug-likeness (QED) is 0.629. The Morgan fingerprint density at radius 1 is 1.29 bits per heavy atom. The summed E-state index contributed by atoms with van der Waals surface area (Å²) in [7, 11) is 0. The lowest BCUT2D eigenvalue weighted by Crippen LogP contribution is -2.46. The number of carbonyl (C=O) groups excluding carboxylic acids is 1. The Balaban J connectivity index is 2.08. The average molecular weight is 188 g/mol. The first-order valence-corrected chi connectivity index (χ1v) is 5.07. The monoisotopic (exact) mass is 188 g/mol. The predicted molar refractivity (Wildman–Crippen MR) is 51.8 cm³/mol. The number of rotatable bonds is 1. The number of cyclic esters (lactones) is 1. The number of benzene rings is 1. The van der Waals surface area contributed by atoms with Crippen molar-refractivity contribution in [3.63, 3.8) is 0 Å². The standard InChI is InChI=1S/C12H12O2/c13-11-12(7-6-10(12)8-14-11)9-4-2-1-3-5-9/h1-5,10H,6-8H2. The first-order valence-electron chi connectivity index (χ1n) is 5.07. The second-order valence-electron chi connectivity index (χ2n) is 4.17. The fourth-order valence-corrected chi connectivity index (χ4v) is 2.67. The molecule has 1 aromatic carbocycles. The van der Waals surface area contributed by atoms with Gasteiger partial charge >= 0.3 is 5.97 Å². The topological polar surface area (TPSA) is 26.3 Å². The van der Waals surface area contributed by atoms with E-state index in [4.69, 9.17) is 4.74 Å². The highest BCUT2D eigenvalue weighted by atomic mass is 16.5. The molecule has 1 saturated heterocycles. The van der Waals surface area contributed by atoms with Crippen LogP contribution in [0.3, 0.4) is 0 Å². The van der Waals surface area contributed by atoms with Crippen LogP contribution in [0.25, 0.3) is 0 Å². The molecule has 0 N–H and O–H groups in total. The third kappa shape index (κ3) is 0.788. The summed E-state index contributed by atoms with van der Waals surface area (Å²) < 4.78 is 5.16. The summed E-state index contributed by atoms with van der Waals surface area (Å²) in [5.41, 5.74) is 0.861. The molecule has 1 aliphatic carbocycles. The minimum atomic E-state index is -0.277. The molecule has 1 aromatic rings. The van der Waals surface area contributed by atoms with Crippen LogP contribution in [0.4, 0.5) is 0 Å². The van der Waals surface area contributed by atoms with Crippen molar-refractivity contribution in [3.05, 3.63) is 35.9 Å². The van der Waals surface area contributed by atoms with E-state index >= 15 is 0 Å². The largest absolute Gasteiger partial charge is 0.465 e. The fraction of sp³-hybridized carbons (Fsp3) is 0.417. The third-order valence-electron chi connectivity index (χ3n) is 3.65. The van der Waals surface area contributed by atoms with E-state index in [0.717, 1.165) is 18.4 Å². The molecule has 2 fully saturated rings. The lowest BCUT2D eigenvalue weighted by Gasteiger charge is -2.40. The van der Waals surface area contributed by atoms with Gasteiger partial charge in [-0.1, -0.05) is 30.3 Å². The summed E-state index contributed by atoms with van der Waals surface area (Å²) in [6.07, 6.45) is 2.08. The summed E-state index contributed by atoms with van der Waals surface area (Å²) in [5.74, 6) is 0.414. The molecule has 1 heterocycles. The summed E-state index contributed by atoms with van der Waals surface area (Å²) in [6, 6.07) is 10.0. The Morgan fingerprint density at radius 3 is 2.64 bits per heavy atom. The minimum Gasteiger partial charge on any atom is -0.465 e. The zero-order valence-corrected chi connectivity index (χ0v) is 7.90. The van der Waals surface area contributed by atoms with Crippen molar-refractivity contribution < 1.29 is 9.53 Å². The molecule has 0 spiro atoms. The van der Waals surface area contributed by atoms with Gasteiger partial charge in [0, 0.05) is 5.92 Å². The second-order valence-corrected chi connectivity index (χ2v) is 4.17. The molecule has 72 valence electrons. The summed E-state index contributed by atoms with van der Waals surface area (Å²) in [5, 5.41) is 0. The zero-order chi connectivity index (χ0) is 9.60. The maximum atomic E-state index is 11.7. The Bertz CT molecular complexity index is 371. The molecule has 1 saturated carbocycles. The van der Waals surface area contributed by atoms with Gasteiger partial charge in [-0.15, -0.1) is 0 Å². The molecule has 0 radical (unpaired) electrons. The van der Waals surface area contributed by atoms with Gasteiger partial charge in [-0.05, 0) is 18.4 Å². The van der Waals surface area contributed by atoms with Gasteiger partial charge in [0.25, 0.3) is 0 Å². The Morgan fingerprint density at radius 2 is 2.07 bits per heavy atom. The zero-order valence-electron chi connectivity index (χ0n) is 7.90. The van der Waals surface area contributed by atoms with Crippen LogP contribution >= 0.6 is 0 Å². The van der Waals surface area contributed by atoms with Gasteiger partial charge < -0.3 is 4.74 Å². The maximum absolute atomic E-state index is 11.7. The molecule has 14 heavy (non-hydrogen) atoms. The van der Waals surface area contributed by atoms with Crippen LogP contribution < -0.4 is 0 Å². The van der Waals surface area contributed by atoms with E-state index in [1.54, 1.807) is 0 Å². The van der Waals surface area contributed by atoms with Gasteiger partial charge in [0.05, 0.1) is 12.0 Å². The highest BCUT2D eigenvalue weighted by molar-refractivity contribution is 5.87. The fourth-order valence-electron chi connectivity index (χ4n) is 2.67. The van der Waals surface area contributed by atoms with Crippen LogP contribution in [0.15, 0.2) is 30.3 Å². The molecule has 0 bridgehead atoms. The van der Waals surface area contributed by atoms with E-state index < -0.39 is 0 Å². The highest BCUT2D eigenvalue weighted by Crippen LogP contribution is 2.53. The summed E-state index contributed by atoms with van der Waals surface area (Å²) >= 11 is 0. The molecule has 1 aliphatic heterocycles. The summed E-state index contributed by atoms with van der Waals surface area (Å²) in [6.45, 7) is 0.619. The first-order chi connectivity index (χ1) is 6.84. The lowest BCUT2D eigenvalue weighted by atomic mass is 9.58. The van der Waals surface area contributed by atoms with Crippen molar-refractivity contribution >= 4 is 5.97 Å². The van der Waals surface area contributed by atoms with Gasteiger partial charge in [-0.2, -0.15) is 0 Å². The maximum Gasteiger partial charge on any atom is 0.316 e. The van der Waals surface area contributed by atoms with Gasteiger partial charge in [-0.3, -0.25) is 4.79 Å². The summed E-state index contributed by atoms with van der Waals surface area (Å²) in [4.78, 5) is 11.7.